The van der Waals surface area contributed by atoms with Crippen LogP contribution in [0.4, 0.5) is 32.6 Å². The van der Waals surface area contributed by atoms with Crippen LogP contribution in [0.1, 0.15) is 11.5 Å². The molecule has 0 aliphatic carbocycles. The molecule has 15 heteroatoms. The molecule has 43 heavy (non-hydrogen) atoms. The number of amides is 2. The van der Waals surface area contributed by atoms with Crippen molar-refractivity contribution in [2.24, 2.45) is 7.05 Å². The molecule has 0 bridgehead atoms. The third kappa shape index (κ3) is 6.50. The lowest BCUT2D eigenvalue weighted by Gasteiger charge is -2.29. The molecule has 9 nitrogen and oxygen atoms in total. The number of urea groups is 1. The third-order valence-electron chi connectivity index (χ3n) is 7.22. The van der Waals surface area contributed by atoms with E-state index >= 15 is 0 Å². The van der Waals surface area contributed by atoms with E-state index in [1.54, 1.807) is 54.5 Å². The lowest BCUT2D eigenvalue weighted by Crippen LogP contribution is -2.49. The standard InChI is InChI=1S/C28H27ClF5N7O2/c1-39-12-17(11-35-39)25-24(29)26(41(38-25)18-6-4-3-5-7-18)37-27(42)36-22-14-40(23(15-43-2)28(32,33)34)13-19(22)16-8-9-20(30)21(31)10-16/h3-12,19,22-23H,13-15H2,1-2H3,(H2,36,37,42)/t19-,22+,23+/m0/s1. The van der Waals surface area contributed by atoms with Gasteiger partial charge in [0.2, 0.25) is 0 Å². The molecule has 0 spiro atoms. The average Bonchev–Trinajstić information content (AvgIpc) is 3.66. The Kier molecular flexibility index (Phi) is 8.71. The zero-order valence-electron chi connectivity index (χ0n) is 22.9. The molecule has 1 saturated heterocycles. The number of likely N-dealkylation sites (tertiary alicyclic amines) is 1. The van der Waals surface area contributed by atoms with Crippen molar-refractivity contribution in [1.82, 2.24) is 29.8 Å². The molecule has 2 aromatic carbocycles. The van der Waals surface area contributed by atoms with E-state index in [0.29, 0.717) is 16.9 Å². The number of aryl methyl sites for hydroxylation is 1. The summed E-state index contributed by atoms with van der Waals surface area (Å²) in [5, 5.41) is 14.2. The minimum Gasteiger partial charge on any atom is -0.383 e. The van der Waals surface area contributed by atoms with Crippen LogP contribution in [-0.2, 0) is 11.8 Å². The number of rotatable bonds is 8. The molecule has 2 aromatic heterocycles. The number of aromatic nitrogens is 4. The first-order valence-electron chi connectivity index (χ1n) is 13.1. The average molecular weight is 624 g/mol. The Hall–Kier alpha value is -4.01. The smallest absolute Gasteiger partial charge is 0.383 e. The minimum absolute atomic E-state index is 0.106. The van der Waals surface area contributed by atoms with Gasteiger partial charge in [0.15, 0.2) is 17.5 Å². The second-order valence-electron chi connectivity index (χ2n) is 10.1. The van der Waals surface area contributed by atoms with Gasteiger partial charge in [0.1, 0.15) is 16.8 Å². The monoisotopic (exact) mass is 623 g/mol. The molecule has 2 N–H and O–H groups in total. The molecular weight excluding hydrogens is 597 g/mol. The number of nitrogens with zero attached hydrogens (tertiary/aromatic N) is 5. The number of alkyl halides is 3. The van der Waals surface area contributed by atoms with Crippen LogP contribution in [0.15, 0.2) is 60.9 Å². The van der Waals surface area contributed by atoms with Crippen LogP contribution in [0.5, 0.6) is 0 Å². The molecule has 0 unspecified atom stereocenters. The van der Waals surface area contributed by atoms with E-state index in [1.165, 1.54) is 10.7 Å². The number of hydrogen-bond acceptors (Lipinski definition) is 5. The third-order valence-corrected chi connectivity index (χ3v) is 7.58. The summed E-state index contributed by atoms with van der Waals surface area (Å²) in [6.07, 6.45) is -1.38. The van der Waals surface area contributed by atoms with E-state index in [1.807, 2.05) is 0 Å². The Balaban J connectivity index is 1.45. The summed E-state index contributed by atoms with van der Waals surface area (Å²) in [5.41, 5.74) is 1.74. The zero-order valence-corrected chi connectivity index (χ0v) is 23.7. The maximum absolute atomic E-state index is 14.2. The number of ether oxygens (including phenoxy) is 1. The molecular formula is C28H27ClF5N7O2. The van der Waals surface area contributed by atoms with E-state index in [4.69, 9.17) is 16.3 Å². The van der Waals surface area contributed by atoms with Crippen molar-refractivity contribution in [2.75, 3.05) is 32.1 Å². The van der Waals surface area contributed by atoms with Crippen molar-refractivity contribution in [1.29, 1.82) is 0 Å². The topological polar surface area (TPSA) is 89.2 Å². The maximum atomic E-state index is 14.2. The van der Waals surface area contributed by atoms with Crippen molar-refractivity contribution < 1.29 is 31.5 Å². The minimum atomic E-state index is -4.63. The van der Waals surface area contributed by atoms with Crippen LogP contribution in [-0.4, -0.2) is 75.6 Å². The van der Waals surface area contributed by atoms with E-state index < -0.39 is 48.5 Å². The first-order valence-corrected chi connectivity index (χ1v) is 13.5. The predicted octanol–water partition coefficient (Wildman–Crippen LogP) is 5.37. The summed E-state index contributed by atoms with van der Waals surface area (Å²) in [5.74, 6) is -2.94. The Morgan fingerprint density at radius 2 is 1.88 bits per heavy atom. The summed E-state index contributed by atoms with van der Waals surface area (Å²) in [4.78, 5) is 14.5. The first kappa shape index (κ1) is 30.4. The maximum Gasteiger partial charge on any atom is 0.406 e. The van der Waals surface area contributed by atoms with Crippen molar-refractivity contribution in [2.45, 2.75) is 24.2 Å². The number of anilines is 1. The van der Waals surface area contributed by atoms with Gasteiger partial charge in [-0.05, 0) is 29.8 Å². The molecule has 4 aromatic rings. The molecule has 5 rings (SSSR count). The second-order valence-corrected chi connectivity index (χ2v) is 10.5. The molecule has 2 amide bonds. The summed E-state index contributed by atoms with van der Waals surface area (Å²) in [6.45, 7) is -1.08. The van der Waals surface area contributed by atoms with Crippen molar-refractivity contribution >= 4 is 23.4 Å². The Labute approximate surface area is 248 Å². The van der Waals surface area contributed by atoms with Gasteiger partial charge in [-0.15, -0.1) is 0 Å². The molecule has 1 aliphatic rings. The van der Waals surface area contributed by atoms with Gasteiger partial charge >= 0.3 is 12.2 Å². The van der Waals surface area contributed by atoms with Gasteiger partial charge in [-0.2, -0.15) is 23.4 Å². The van der Waals surface area contributed by atoms with Gasteiger partial charge in [0.05, 0.1) is 24.5 Å². The normalized spacial score (nSPS) is 18.1. The fourth-order valence-corrected chi connectivity index (χ4v) is 5.46. The number of methoxy groups -OCH3 is 1. The number of nitrogens with one attached hydrogen (secondary N) is 2. The fraction of sp³-hybridized carbons (Fsp3) is 0.321. The number of carbonyl (C=O) groups is 1. The lowest BCUT2D eigenvalue weighted by molar-refractivity contribution is -0.192. The quantitative estimate of drug-likeness (QED) is 0.258. The Morgan fingerprint density at radius 1 is 1.14 bits per heavy atom. The SMILES string of the molecule is COC[C@@H](N1C[C@@H](NC(=O)Nc2c(Cl)c(-c3cnn(C)c3)nn2-c2ccccc2)[C@H](c2ccc(F)c(F)c2)C1)C(F)(F)F. The van der Waals surface area contributed by atoms with Gasteiger partial charge < -0.3 is 10.1 Å². The second kappa shape index (κ2) is 12.3. The zero-order chi connectivity index (χ0) is 30.9. The largest absolute Gasteiger partial charge is 0.406 e. The molecule has 3 atom stereocenters. The highest BCUT2D eigenvalue weighted by molar-refractivity contribution is 6.36. The van der Waals surface area contributed by atoms with Crippen LogP contribution in [0, 0.1) is 11.6 Å². The van der Waals surface area contributed by atoms with E-state index in [2.05, 4.69) is 20.8 Å². The van der Waals surface area contributed by atoms with E-state index in [-0.39, 0.29) is 29.5 Å². The Morgan fingerprint density at radius 3 is 2.51 bits per heavy atom. The lowest BCUT2D eigenvalue weighted by atomic mass is 9.94. The predicted molar refractivity (Wildman–Crippen MR) is 149 cm³/mol. The van der Waals surface area contributed by atoms with Crippen LogP contribution >= 0.6 is 11.6 Å². The van der Waals surface area contributed by atoms with Crippen molar-refractivity contribution in [3.63, 3.8) is 0 Å². The highest BCUT2D eigenvalue weighted by Crippen LogP contribution is 2.37. The number of para-hydroxylation sites is 1. The molecule has 0 saturated carbocycles. The van der Waals surface area contributed by atoms with Gasteiger partial charge in [-0.1, -0.05) is 35.9 Å². The van der Waals surface area contributed by atoms with Crippen molar-refractivity contribution in [3.05, 3.63) is 83.1 Å². The number of halogens is 6. The Bertz CT molecular complexity index is 1590. The van der Waals surface area contributed by atoms with Crippen LogP contribution in [0.25, 0.3) is 16.9 Å². The molecule has 3 heterocycles. The van der Waals surface area contributed by atoms with Crippen molar-refractivity contribution in [3.8, 4) is 16.9 Å². The van der Waals surface area contributed by atoms with E-state index in [0.717, 1.165) is 24.1 Å². The van der Waals surface area contributed by atoms with Crippen LogP contribution < -0.4 is 10.6 Å². The first-order chi connectivity index (χ1) is 20.5. The highest BCUT2D eigenvalue weighted by atomic mass is 35.5. The fourth-order valence-electron chi connectivity index (χ4n) is 5.18. The summed E-state index contributed by atoms with van der Waals surface area (Å²) in [7, 11) is 2.88. The van der Waals surface area contributed by atoms with Gasteiger partial charge in [-0.25, -0.2) is 18.3 Å². The van der Waals surface area contributed by atoms with Crippen LogP contribution in [0.2, 0.25) is 5.02 Å². The summed E-state index contributed by atoms with van der Waals surface area (Å²) < 4.78 is 77.4. The number of benzene rings is 2. The summed E-state index contributed by atoms with van der Waals surface area (Å²) >= 11 is 6.70. The number of carbonyl (C=O) groups excluding carboxylic acids is 1. The molecule has 1 fully saturated rings. The highest BCUT2D eigenvalue weighted by Gasteiger charge is 2.48. The van der Waals surface area contributed by atoms with Gasteiger partial charge in [0.25, 0.3) is 0 Å². The summed E-state index contributed by atoms with van der Waals surface area (Å²) in [6, 6.07) is 8.29. The van der Waals surface area contributed by atoms with Gasteiger partial charge in [-0.3, -0.25) is 14.9 Å². The molecule has 1 aliphatic heterocycles. The van der Waals surface area contributed by atoms with Crippen LogP contribution in [0.3, 0.4) is 0 Å². The van der Waals surface area contributed by atoms with Gasteiger partial charge in [0, 0.05) is 44.9 Å². The molecule has 228 valence electrons. The number of hydrogen-bond donors (Lipinski definition) is 2. The molecule has 0 radical (unpaired) electrons. The van der Waals surface area contributed by atoms with E-state index in [9.17, 15) is 26.7 Å².